The Morgan fingerprint density at radius 2 is 2.11 bits per heavy atom. The van der Waals surface area contributed by atoms with Gasteiger partial charge in [0.15, 0.2) is 0 Å². The van der Waals surface area contributed by atoms with Crippen LogP contribution < -0.4 is 5.32 Å². The molecule has 0 spiro atoms. The van der Waals surface area contributed by atoms with Crippen molar-refractivity contribution >= 4 is 5.91 Å². The summed E-state index contributed by atoms with van der Waals surface area (Å²) in [5.74, 6) is 1.75. The van der Waals surface area contributed by atoms with Crippen LogP contribution in [0.3, 0.4) is 0 Å². The van der Waals surface area contributed by atoms with Crippen molar-refractivity contribution in [3.63, 3.8) is 0 Å². The topological polar surface area (TPSA) is 32.3 Å². The van der Waals surface area contributed by atoms with Gasteiger partial charge in [-0.3, -0.25) is 10.1 Å². The Bertz CT molecular complexity index is 316. The number of amides is 1. The molecule has 3 heteroatoms. The van der Waals surface area contributed by atoms with E-state index in [1.165, 1.54) is 25.7 Å². The molecule has 1 amide bonds. The number of hydrogen-bond donors (Lipinski definition) is 1. The molecule has 0 aromatic heterocycles. The Kier molecular flexibility index (Phi) is 4.88. The summed E-state index contributed by atoms with van der Waals surface area (Å²) >= 11 is 0. The summed E-state index contributed by atoms with van der Waals surface area (Å²) in [6, 6.07) is 0.532. The van der Waals surface area contributed by atoms with Crippen molar-refractivity contribution in [2.24, 2.45) is 11.8 Å². The monoisotopic (exact) mass is 266 g/mol. The zero-order valence-corrected chi connectivity index (χ0v) is 13.0. The molecule has 4 atom stereocenters. The summed E-state index contributed by atoms with van der Waals surface area (Å²) < 4.78 is 0. The van der Waals surface area contributed by atoms with Crippen LogP contribution in [0.25, 0.3) is 0 Å². The zero-order valence-electron chi connectivity index (χ0n) is 13.0. The SMILES string of the molecule is CCC1NC(CC(C)C)N(C2CCCC(C)C2)C1=O. The molecule has 2 aliphatic rings. The van der Waals surface area contributed by atoms with E-state index in [0.717, 1.165) is 18.8 Å². The van der Waals surface area contributed by atoms with Gasteiger partial charge in [0.2, 0.25) is 5.91 Å². The van der Waals surface area contributed by atoms with Crippen LogP contribution in [0.4, 0.5) is 0 Å². The molecule has 110 valence electrons. The van der Waals surface area contributed by atoms with E-state index in [-0.39, 0.29) is 12.2 Å². The highest BCUT2D eigenvalue weighted by Crippen LogP contribution is 2.32. The molecule has 1 saturated heterocycles. The normalized spacial score (nSPS) is 36.3. The highest BCUT2D eigenvalue weighted by atomic mass is 16.2. The van der Waals surface area contributed by atoms with E-state index < -0.39 is 0 Å². The summed E-state index contributed by atoms with van der Waals surface area (Å²) in [5.41, 5.74) is 0. The minimum absolute atomic E-state index is 0.0565. The lowest BCUT2D eigenvalue weighted by Crippen LogP contribution is -2.47. The van der Waals surface area contributed by atoms with Crippen LogP contribution in [0.15, 0.2) is 0 Å². The Balaban J connectivity index is 2.10. The molecule has 0 aromatic carbocycles. The summed E-state index contributed by atoms with van der Waals surface area (Å²) in [4.78, 5) is 14.8. The van der Waals surface area contributed by atoms with Crippen molar-refractivity contribution in [3.8, 4) is 0 Å². The van der Waals surface area contributed by atoms with Crippen molar-refractivity contribution in [1.82, 2.24) is 10.2 Å². The highest BCUT2D eigenvalue weighted by Gasteiger charge is 2.42. The molecule has 3 nitrogen and oxygen atoms in total. The van der Waals surface area contributed by atoms with E-state index in [1.807, 2.05) is 0 Å². The molecule has 1 aliphatic heterocycles. The first-order valence-corrected chi connectivity index (χ1v) is 8.11. The van der Waals surface area contributed by atoms with Gasteiger partial charge in [0, 0.05) is 6.04 Å². The molecule has 1 saturated carbocycles. The molecule has 2 rings (SSSR count). The molecule has 2 fully saturated rings. The van der Waals surface area contributed by atoms with Crippen molar-refractivity contribution in [1.29, 1.82) is 0 Å². The zero-order chi connectivity index (χ0) is 14.0. The third-order valence-corrected chi connectivity index (χ3v) is 4.69. The van der Waals surface area contributed by atoms with Crippen molar-refractivity contribution in [3.05, 3.63) is 0 Å². The molecule has 0 bridgehead atoms. The summed E-state index contributed by atoms with van der Waals surface area (Å²) in [7, 11) is 0. The summed E-state index contributed by atoms with van der Waals surface area (Å²) in [6.45, 7) is 8.92. The average Bonchev–Trinajstić information content (AvgIpc) is 2.64. The second-order valence-corrected chi connectivity index (χ2v) is 6.94. The van der Waals surface area contributed by atoms with E-state index in [4.69, 9.17) is 0 Å². The summed E-state index contributed by atoms with van der Waals surface area (Å²) in [5, 5.41) is 3.56. The third kappa shape index (κ3) is 3.31. The van der Waals surface area contributed by atoms with Gasteiger partial charge in [-0.1, -0.05) is 40.5 Å². The first-order valence-electron chi connectivity index (χ1n) is 8.11. The molecule has 19 heavy (non-hydrogen) atoms. The molecule has 1 heterocycles. The van der Waals surface area contributed by atoms with Crippen LogP contribution in [0, 0.1) is 11.8 Å². The Morgan fingerprint density at radius 1 is 1.37 bits per heavy atom. The minimum Gasteiger partial charge on any atom is -0.323 e. The molecule has 0 radical (unpaired) electrons. The van der Waals surface area contributed by atoms with Crippen LogP contribution in [0.5, 0.6) is 0 Å². The Morgan fingerprint density at radius 3 is 2.68 bits per heavy atom. The van der Waals surface area contributed by atoms with Gasteiger partial charge in [-0.15, -0.1) is 0 Å². The fourth-order valence-electron chi connectivity index (χ4n) is 3.73. The maximum atomic E-state index is 12.6. The van der Waals surface area contributed by atoms with E-state index in [0.29, 0.717) is 17.9 Å². The second-order valence-electron chi connectivity index (χ2n) is 6.94. The Hall–Kier alpha value is -0.570. The van der Waals surface area contributed by atoms with Gasteiger partial charge in [-0.25, -0.2) is 0 Å². The molecule has 1 N–H and O–H groups in total. The fourth-order valence-corrected chi connectivity index (χ4v) is 3.73. The number of carbonyl (C=O) groups is 1. The quantitative estimate of drug-likeness (QED) is 0.848. The third-order valence-electron chi connectivity index (χ3n) is 4.69. The number of rotatable bonds is 4. The van der Waals surface area contributed by atoms with Gasteiger partial charge in [-0.05, 0) is 37.5 Å². The highest BCUT2D eigenvalue weighted by molar-refractivity contribution is 5.84. The number of hydrogen-bond acceptors (Lipinski definition) is 2. The molecular weight excluding hydrogens is 236 g/mol. The predicted molar refractivity (Wildman–Crippen MR) is 78.7 cm³/mol. The van der Waals surface area contributed by atoms with Gasteiger partial charge >= 0.3 is 0 Å². The standard InChI is InChI=1S/C16H30N2O/c1-5-14-16(19)18(15(17-14)9-11(2)3)13-8-6-7-12(4)10-13/h11-15,17H,5-10H2,1-4H3. The number of carbonyl (C=O) groups excluding carboxylic acids is 1. The second kappa shape index (κ2) is 6.25. The van der Waals surface area contributed by atoms with Crippen LogP contribution in [0.1, 0.15) is 66.2 Å². The average molecular weight is 266 g/mol. The lowest BCUT2D eigenvalue weighted by Gasteiger charge is -2.38. The largest absolute Gasteiger partial charge is 0.323 e. The van der Waals surface area contributed by atoms with E-state index >= 15 is 0 Å². The van der Waals surface area contributed by atoms with Gasteiger partial charge in [-0.2, -0.15) is 0 Å². The van der Waals surface area contributed by atoms with Gasteiger partial charge in [0.1, 0.15) is 0 Å². The molecule has 0 aromatic rings. The van der Waals surface area contributed by atoms with E-state index in [9.17, 15) is 4.79 Å². The first-order chi connectivity index (χ1) is 9.02. The number of nitrogens with one attached hydrogen (secondary N) is 1. The van der Waals surface area contributed by atoms with Crippen LogP contribution in [0.2, 0.25) is 0 Å². The van der Waals surface area contributed by atoms with Gasteiger partial charge in [0.25, 0.3) is 0 Å². The number of nitrogens with zero attached hydrogens (tertiary/aromatic N) is 1. The van der Waals surface area contributed by atoms with E-state index in [2.05, 4.69) is 37.9 Å². The van der Waals surface area contributed by atoms with Crippen molar-refractivity contribution in [2.75, 3.05) is 0 Å². The maximum Gasteiger partial charge on any atom is 0.241 e. The first kappa shape index (κ1) is 14.8. The van der Waals surface area contributed by atoms with Crippen LogP contribution in [-0.2, 0) is 4.79 Å². The predicted octanol–water partition coefficient (Wildman–Crippen LogP) is 3.15. The van der Waals surface area contributed by atoms with Gasteiger partial charge in [0.05, 0.1) is 12.2 Å². The lowest BCUT2D eigenvalue weighted by atomic mass is 9.85. The van der Waals surface area contributed by atoms with Gasteiger partial charge < -0.3 is 4.90 Å². The Labute approximate surface area is 118 Å². The fraction of sp³-hybridized carbons (Fsp3) is 0.938. The minimum atomic E-state index is 0.0565. The van der Waals surface area contributed by atoms with Crippen molar-refractivity contribution in [2.45, 2.75) is 84.5 Å². The van der Waals surface area contributed by atoms with Crippen molar-refractivity contribution < 1.29 is 4.79 Å². The molecular formula is C16H30N2O. The lowest BCUT2D eigenvalue weighted by molar-refractivity contribution is -0.133. The molecule has 4 unspecified atom stereocenters. The van der Waals surface area contributed by atoms with Crippen LogP contribution >= 0.6 is 0 Å². The summed E-state index contributed by atoms with van der Waals surface area (Å²) in [6.07, 6.45) is 7.26. The van der Waals surface area contributed by atoms with E-state index in [1.54, 1.807) is 0 Å². The van der Waals surface area contributed by atoms with Crippen LogP contribution in [-0.4, -0.2) is 29.1 Å². The smallest absolute Gasteiger partial charge is 0.241 e. The molecule has 1 aliphatic carbocycles. The maximum absolute atomic E-state index is 12.6.